The predicted octanol–water partition coefficient (Wildman–Crippen LogP) is 4.74. The van der Waals surface area contributed by atoms with Crippen molar-refractivity contribution in [2.45, 2.75) is 97.8 Å². The van der Waals surface area contributed by atoms with E-state index in [1.807, 2.05) is 48.5 Å². The number of benzene rings is 1. The highest BCUT2D eigenvalue weighted by molar-refractivity contribution is 6.34. The van der Waals surface area contributed by atoms with Crippen LogP contribution in [0.25, 0.3) is 0 Å². The van der Waals surface area contributed by atoms with Crippen molar-refractivity contribution in [2.75, 3.05) is 31.1 Å². The summed E-state index contributed by atoms with van der Waals surface area (Å²) in [7, 11) is 0. The second-order valence-electron chi connectivity index (χ2n) is 12.2. The second-order valence-corrected chi connectivity index (χ2v) is 12.6. The number of amides is 4. The van der Waals surface area contributed by atoms with Crippen molar-refractivity contribution >= 4 is 41.1 Å². The maximum absolute atomic E-state index is 14.0. The number of hydrogen-bond acceptors (Lipinski definition) is 5. The molecule has 0 aromatic heterocycles. The van der Waals surface area contributed by atoms with Crippen LogP contribution in [0.1, 0.15) is 90.6 Å². The van der Waals surface area contributed by atoms with Crippen molar-refractivity contribution in [2.24, 2.45) is 0 Å². The van der Waals surface area contributed by atoms with Gasteiger partial charge in [0.25, 0.3) is 5.91 Å². The SMILES string of the molecule is CCC(=O)NCCN1C(=O)C(C)(C)c2cc(Cl)c(C(=O)N(C(C)C)[C@@H]3CCCN(C(=O)OC(C)(C)C)C3)cc21. The predicted molar refractivity (Wildman–Crippen MR) is 152 cm³/mol. The first kappa shape index (κ1) is 30.7. The summed E-state index contributed by atoms with van der Waals surface area (Å²) in [6, 6.07) is 3.07. The van der Waals surface area contributed by atoms with E-state index in [4.69, 9.17) is 16.3 Å². The molecular weight excluding hydrogens is 520 g/mol. The molecule has 2 heterocycles. The molecule has 1 saturated heterocycles. The van der Waals surface area contributed by atoms with Crippen LogP contribution in [0, 0.1) is 0 Å². The van der Waals surface area contributed by atoms with Gasteiger partial charge in [-0.25, -0.2) is 4.79 Å². The molecule has 0 aliphatic carbocycles. The highest BCUT2D eigenvalue weighted by Gasteiger charge is 2.45. The van der Waals surface area contributed by atoms with E-state index in [0.717, 1.165) is 18.4 Å². The summed E-state index contributed by atoms with van der Waals surface area (Å²) in [6.45, 7) is 16.4. The van der Waals surface area contributed by atoms with Gasteiger partial charge in [-0.2, -0.15) is 0 Å². The maximum Gasteiger partial charge on any atom is 0.410 e. The van der Waals surface area contributed by atoms with Crippen LogP contribution in [0.2, 0.25) is 5.02 Å². The Kier molecular flexibility index (Phi) is 9.25. The van der Waals surface area contributed by atoms with E-state index in [2.05, 4.69) is 5.32 Å². The summed E-state index contributed by atoms with van der Waals surface area (Å²) in [5.74, 6) is -0.441. The third kappa shape index (κ3) is 6.68. The van der Waals surface area contributed by atoms with Crippen molar-refractivity contribution in [3.8, 4) is 0 Å². The molecule has 0 unspecified atom stereocenters. The number of halogens is 1. The number of piperidine rings is 1. The number of ether oxygens (including phenoxy) is 1. The minimum Gasteiger partial charge on any atom is -0.444 e. The van der Waals surface area contributed by atoms with Gasteiger partial charge in [-0.05, 0) is 79.0 Å². The van der Waals surface area contributed by atoms with Crippen LogP contribution < -0.4 is 10.2 Å². The first-order chi connectivity index (χ1) is 18.1. The molecule has 1 N–H and O–H groups in total. The molecule has 2 aliphatic heterocycles. The summed E-state index contributed by atoms with van der Waals surface area (Å²) in [5, 5.41) is 3.10. The molecule has 0 spiro atoms. The van der Waals surface area contributed by atoms with E-state index in [-0.39, 0.29) is 47.5 Å². The Bertz CT molecular complexity index is 1130. The van der Waals surface area contributed by atoms with Gasteiger partial charge in [-0.3, -0.25) is 14.4 Å². The lowest BCUT2D eigenvalue weighted by Gasteiger charge is -2.41. The van der Waals surface area contributed by atoms with Gasteiger partial charge < -0.3 is 24.8 Å². The van der Waals surface area contributed by atoms with E-state index in [0.29, 0.717) is 37.3 Å². The van der Waals surface area contributed by atoms with Crippen molar-refractivity contribution in [3.05, 3.63) is 28.3 Å². The fourth-order valence-corrected chi connectivity index (χ4v) is 5.55. The number of carbonyl (C=O) groups excluding carboxylic acids is 4. The fraction of sp³-hybridized carbons (Fsp3) is 0.655. The van der Waals surface area contributed by atoms with Crippen LogP contribution >= 0.6 is 11.6 Å². The zero-order chi connectivity index (χ0) is 29.3. The van der Waals surface area contributed by atoms with E-state index in [1.165, 1.54) is 0 Å². The number of likely N-dealkylation sites (tertiary alicyclic amines) is 1. The lowest BCUT2D eigenvalue weighted by molar-refractivity contribution is -0.123. The largest absolute Gasteiger partial charge is 0.444 e. The van der Waals surface area contributed by atoms with Gasteiger partial charge >= 0.3 is 6.09 Å². The van der Waals surface area contributed by atoms with Gasteiger partial charge in [0.15, 0.2) is 0 Å². The highest BCUT2D eigenvalue weighted by Crippen LogP contribution is 2.44. The summed E-state index contributed by atoms with van der Waals surface area (Å²) < 4.78 is 5.57. The third-order valence-electron chi connectivity index (χ3n) is 7.27. The Labute approximate surface area is 237 Å². The molecular formula is C29H43ClN4O5. The molecule has 0 saturated carbocycles. The molecule has 2 aliphatic rings. The van der Waals surface area contributed by atoms with Crippen molar-refractivity contribution in [3.63, 3.8) is 0 Å². The lowest BCUT2D eigenvalue weighted by Crippen LogP contribution is -2.54. The quantitative estimate of drug-likeness (QED) is 0.517. The first-order valence-electron chi connectivity index (χ1n) is 13.8. The minimum atomic E-state index is -0.815. The Balaban J connectivity index is 1.91. The molecule has 39 heavy (non-hydrogen) atoms. The molecule has 4 amide bonds. The molecule has 216 valence electrons. The zero-order valence-corrected chi connectivity index (χ0v) is 25.3. The standard InChI is InChI=1S/C29H43ClN4O5/c1-9-24(35)31-12-14-33-23-15-20(22(30)16-21(23)29(7,8)26(33)37)25(36)34(18(2)3)19-11-10-13-32(17-19)27(38)39-28(4,5)6/h15-16,18-19H,9-14,17H2,1-8H3,(H,31,35)/t19-/m1/s1. The number of hydrogen-bond donors (Lipinski definition) is 1. The number of nitrogens with one attached hydrogen (secondary N) is 1. The zero-order valence-electron chi connectivity index (χ0n) is 24.5. The molecule has 10 heteroatoms. The van der Waals surface area contributed by atoms with E-state index >= 15 is 0 Å². The molecule has 1 aromatic rings. The Hall–Kier alpha value is -2.81. The molecule has 1 fully saturated rings. The average Bonchev–Trinajstić information content (AvgIpc) is 3.02. The summed E-state index contributed by atoms with van der Waals surface area (Å²) in [4.78, 5) is 57.0. The smallest absolute Gasteiger partial charge is 0.410 e. The maximum atomic E-state index is 14.0. The Morgan fingerprint density at radius 3 is 2.49 bits per heavy atom. The average molecular weight is 563 g/mol. The van der Waals surface area contributed by atoms with Gasteiger partial charge in [-0.15, -0.1) is 0 Å². The van der Waals surface area contributed by atoms with Crippen molar-refractivity contribution < 1.29 is 23.9 Å². The molecule has 0 radical (unpaired) electrons. The number of rotatable bonds is 7. The number of nitrogens with zero attached hydrogens (tertiary/aromatic N) is 3. The second kappa shape index (κ2) is 11.7. The summed E-state index contributed by atoms with van der Waals surface area (Å²) in [5.41, 5.74) is 0.273. The van der Waals surface area contributed by atoms with Crippen molar-refractivity contribution in [1.29, 1.82) is 0 Å². The van der Waals surface area contributed by atoms with Gasteiger partial charge in [0.05, 0.1) is 22.0 Å². The van der Waals surface area contributed by atoms with Gasteiger partial charge in [0.1, 0.15) is 5.60 Å². The van der Waals surface area contributed by atoms with Gasteiger partial charge in [-0.1, -0.05) is 18.5 Å². The lowest BCUT2D eigenvalue weighted by atomic mass is 9.85. The number of carbonyl (C=O) groups is 4. The molecule has 1 aromatic carbocycles. The molecule has 9 nitrogen and oxygen atoms in total. The summed E-state index contributed by atoms with van der Waals surface area (Å²) in [6.07, 6.45) is 1.48. The van der Waals surface area contributed by atoms with E-state index < -0.39 is 11.0 Å². The Morgan fingerprint density at radius 2 is 1.90 bits per heavy atom. The normalized spacial score (nSPS) is 18.7. The van der Waals surface area contributed by atoms with E-state index in [9.17, 15) is 19.2 Å². The highest BCUT2D eigenvalue weighted by atomic mass is 35.5. The molecule has 3 rings (SSSR count). The van der Waals surface area contributed by atoms with Gasteiger partial charge in [0.2, 0.25) is 11.8 Å². The topological polar surface area (TPSA) is 99.3 Å². The van der Waals surface area contributed by atoms with Crippen LogP contribution in [0.4, 0.5) is 10.5 Å². The fourth-order valence-electron chi connectivity index (χ4n) is 5.30. The number of fused-ring (bicyclic) bond motifs is 1. The third-order valence-corrected chi connectivity index (χ3v) is 7.58. The number of anilines is 1. The van der Waals surface area contributed by atoms with Crippen LogP contribution in [0.3, 0.4) is 0 Å². The van der Waals surface area contributed by atoms with Crippen molar-refractivity contribution in [1.82, 2.24) is 15.1 Å². The molecule has 1 atom stereocenters. The summed E-state index contributed by atoms with van der Waals surface area (Å²) >= 11 is 6.71. The first-order valence-corrected chi connectivity index (χ1v) is 14.2. The van der Waals surface area contributed by atoms with Crippen LogP contribution in [-0.4, -0.2) is 77.5 Å². The monoisotopic (exact) mass is 562 g/mol. The van der Waals surface area contributed by atoms with Crippen LogP contribution in [0.15, 0.2) is 12.1 Å². The van der Waals surface area contributed by atoms with Gasteiger partial charge in [0, 0.05) is 44.3 Å². The minimum absolute atomic E-state index is 0.0893. The molecule has 0 bridgehead atoms. The Morgan fingerprint density at radius 1 is 1.23 bits per heavy atom. The van der Waals surface area contributed by atoms with Crippen LogP contribution in [0.5, 0.6) is 0 Å². The van der Waals surface area contributed by atoms with E-state index in [1.54, 1.807) is 33.8 Å². The van der Waals surface area contributed by atoms with Crippen LogP contribution in [-0.2, 0) is 19.7 Å².